The minimum atomic E-state index is -0.223. The zero-order valence-corrected chi connectivity index (χ0v) is 10.9. The Morgan fingerprint density at radius 3 is 2.74 bits per heavy atom. The van der Waals surface area contributed by atoms with Crippen LogP contribution >= 0.6 is 0 Å². The zero-order chi connectivity index (χ0) is 14.1. The Bertz CT molecular complexity index is 509. The van der Waals surface area contributed by atoms with Crippen molar-refractivity contribution in [3.8, 4) is 17.9 Å². The average molecular weight is 257 g/mol. The second-order valence-corrected chi connectivity index (χ2v) is 3.98. The van der Waals surface area contributed by atoms with Gasteiger partial charge in [-0.05, 0) is 26.2 Å². The van der Waals surface area contributed by atoms with E-state index in [0.717, 1.165) is 6.54 Å². The quantitative estimate of drug-likeness (QED) is 0.615. The molecule has 98 valence electrons. The molecule has 0 bridgehead atoms. The number of hydrazone groups is 1. The first-order chi connectivity index (χ1) is 9.15. The molecule has 0 aliphatic rings. The summed E-state index contributed by atoms with van der Waals surface area (Å²) in [5.41, 5.74) is 3.07. The summed E-state index contributed by atoms with van der Waals surface area (Å²) in [6.07, 6.45) is 0. The predicted octanol–water partition coefficient (Wildman–Crippen LogP) is 1.44. The second kappa shape index (κ2) is 7.70. The van der Waals surface area contributed by atoms with Crippen LogP contribution in [0.3, 0.4) is 0 Å². The van der Waals surface area contributed by atoms with Gasteiger partial charge in [0.15, 0.2) is 0 Å². The molecular formula is C13H15N5O. The van der Waals surface area contributed by atoms with Crippen molar-refractivity contribution in [3.05, 3.63) is 24.3 Å². The predicted molar refractivity (Wildman–Crippen MR) is 72.8 cm³/mol. The number of likely N-dealkylation sites (N-methyl/N-ethyl adjacent to an activating group) is 1. The molecule has 0 aromatic heterocycles. The van der Waals surface area contributed by atoms with E-state index in [4.69, 9.17) is 15.3 Å². The fourth-order valence-corrected chi connectivity index (χ4v) is 1.20. The van der Waals surface area contributed by atoms with Crippen LogP contribution in [0.4, 0.5) is 5.69 Å². The third kappa shape index (κ3) is 5.53. The van der Waals surface area contributed by atoms with E-state index in [1.807, 2.05) is 25.1 Å². The van der Waals surface area contributed by atoms with Crippen LogP contribution in [-0.4, -0.2) is 37.9 Å². The average Bonchev–Trinajstić information content (AvgIpc) is 2.40. The molecule has 0 saturated heterocycles. The van der Waals surface area contributed by atoms with E-state index in [-0.39, 0.29) is 5.71 Å². The van der Waals surface area contributed by atoms with Crippen LogP contribution in [0.2, 0.25) is 0 Å². The molecule has 1 rings (SSSR count). The first kappa shape index (κ1) is 14.5. The third-order valence-electron chi connectivity index (χ3n) is 2.15. The lowest BCUT2D eigenvalue weighted by molar-refractivity contribution is 0.261. The van der Waals surface area contributed by atoms with E-state index in [1.54, 1.807) is 30.3 Å². The highest BCUT2D eigenvalue weighted by molar-refractivity contribution is 6.10. The summed E-state index contributed by atoms with van der Waals surface area (Å²) in [6.45, 7) is 1.41. The number of hydrogen-bond acceptors (Lipinski definition) is 6. The van der Waals surface area contributed by atoms with Crippen LogP contribution in [0.15, 0.2) is 29.4 Å². The van der Waals surface area contributed by atoms with E-state index < -0.39 is 0 Å². The number of anilines is 1. The van der Waals surface area contributed by atoms with Gasteiger partial charge in [-0.2, -0.15) is 15.6 Å². The number of benzene rings is 1. The maximum atomic E-state index is 8.55. The minimum Gasteiger partial charge on any atom is -0.492 e. The minimum absolute atomic E-state index is 0.223. The van der Waals surface area contributed by atoms with E-state index in [1.165, 1.54) is 0 Å². The fourth-order valence-electron chi connectivity index (χ4n) is 1.20. The van der Waals surface area contributed by atoms with Gasteiger partial charge in [0.2, 0.25) is 5.71 Å². The largest absolute Gasteiger partial charge is 0.492 e. The summed E-state index contributed by atoms with van der Waals surface area (Å²) in [4.78, 5) is 2.03. The SMILES string of the molecule is CN(C)CCOc1cccc(NN=C(C#N)C#N)c1. The number of nitrogens with zero attached hydrogens (tertiary/aromatic N) is 4. The van der Waals surface area contributed by atoms with Crippen molar-refractivity contribution >= 4 is 11.4 Å². The molecule has 1 aromatic carbocycles. The van der Waals surface area contributed by atoms with E-state index >= 15 is 0 Å². The van der Waals surface area contributed by atoms with Crippen LogP contribution in [0.5, 0.6) is 5.75 Å². The Kier molecular flexibility index (Phi) is 5.87. The van der Waals surface area contributed by atoms with Gasteiger partial charge in [0.25, 0.3) is 0 Å². The van der Waals surface area contributed by atoms with E-state index in [9.17, 15) is 0 Å². The molecule has 6 heteroatoms. The highest BCUT2D eigenvalue weighted by atomic mass is 16.5. The molecule has 0 atom stereocenters. The summed E-state index contributed by atoms with van der Waals surface area (Å²) in [5, 5.41) is 20.8. The number of hydrogen-bond donors (Lipinski definition) is 1. The smallest absolute Gasteiger partial charge is 0.237 e. The molecule has 0 amide bonds. The van der Waals surface area contributed by atoms with Gasteiger partial charge >= 0.3 is 0 Å². The molecule has 1 N–H and O–H groups in total. The summed E-state index contributed by atoms with van der Waals surface area (Å²) in [5.74, 6) is 0.706. The molecule has 0 spiro atoms. The van der Waals surface area contributed by atoms with Gasteiger partial charge in [-0.15, -0.1) is 0 Å². The van der Waals surface area contributed by atoms with Crippen molar-refractivity contribution in [2.45, 2.75) is 0 Å². The lowest BCUT2D eigenvalue weighted by atomic mass is 10.3. The lowest BCUT2D eigenvalue weighted by Gasteiger charge is -2.11. The summed E-state index contributed by atoms with van der Waals surface area (Å²) in [7, 11) is 3.95. The highest BCUT2D eigenvalue weighted by Crippen LogP contribution is 2.17. The molecule has 0 unspecified atom stereocenters. The zero-order valence-electron chi connectivity index (χ0n) is 10.9. The monoisotopic (exact) mass is 257 g/mol. The molecular weight excluding hydrogens is 242 g/mol. The van der Waals surface area contributed by atoms with Crippen molar-refractivity contribution in [1.29, 1.82) is 10.5 Å². The van der Waals surface area contributed by atoms with Crippen molar-refractivity contribution in [2.75, 3.05) is 32.7 Å². The molecule has 0 aliphatic carbocycles. The molecule has 0 radical (unpaired) electrons. The maximum absolute atomic E-state index is 8.55. The van der Waals surface area contributed by atoms with E-state index in [2.05, 4.69) is 10.5 Å². The van der Waals surface area contributed by atoms with Crippen molar-refractivity contribution in [2.24, 2.45) is 5.10 Å². The molecule has 1 aromatic rings. The van der Waals surface area contributed by atoms with Gasteiger partial charge in [-0.1, -0.05) is 6.07 Å². The normalized spacial score (nSPS) is 9.32. The van der Waals surface area contributed by atoms with Crippen LogP contribution in [0, 0.1) is 22.7 Å². The van der Waals surface area contributed by atoms with Gasteiger partial charge < -0.3 is 9.64 Å². The summed E-state index contributed by atoms with van der Waals surface area (Å²) < 4.78 is 5.56. The summed E-state index contributed by atoms with van der Waals surface area (Å²) in [6, 6.07) is 10.5. The Hall–Kier alpha value is -2.57. The van der Waals surface area contributed by atoms with Gasteiger partial charge in [0.05, 0.1) is 5.69 Å². The van der Waals surface area contributed by atoms with Crippen LogP contribution < -0.4 is 10.2 Å². The second-order valence-electron chi connectivity index (χ2n) is 3.98. The van der Waals surface area contributed by atoms with Crippen molar-refractivity contribution in [1.82, 2.24) is 4.90 Å². The number of rotatable bonds is 6. The van der Waals surface area contributed by atoms with Crippen molar-refractivity contribution < 1.29 is 4.74 Å². The number of nitrogens with one attached hydrogen (secondary N) is 1. The lowest BCUT2D eigenvalue weighted by Crippen LogP contribution is -2.19. The first-order valence-electron chi connectivity index (χ1n) is 5.67. The first-order valence-corrected chi connectivity index (χ1v) is 5.67. The van der Waals surface area contributed by atoms with Crippen LogP contribution in [-0.2, 0) is 0 Å². The standard InChI is InChI=1S/C13H15N5O/c1-18(2)6-7-19-13-5-3-4-11(8-13)16-17-12(9-14)10-15/h3-5,8,16H,6-7H2,1-2H3. The topological polar surface area (TPSA) is 84.4 Å². The Labute approximate surface area is 112 Å². The summed E-state index contributed by atoms with van der Waals surface area (Å²) >= 11 is 0. The Balaban J connectivity index is 2.60. The van der Waals surface area contributed by atoms with Crippen LogP contribution in [0.25, 0.3) is 0 Å². The Morgan fingerprint density at radius 2 is 2.11 bits per heavy atom. The van der Waals surface area contributed by atoms with Crippen molar-refractivity contribution in [3.63, 3.8) is 0 Å². The molecule has 0 fully saturated rings. The fraction of sp³-hybridized carbons (Fsp3) is 0.308. The Morgan fingerprint density at radius 1 is 1.37 bits per heavy atom. The van der Waals surface area contributed by atoms with E-state index in [0.29, 0.717) is 18.0 Å². The highest BCUT2D eigenvalue weighted by Gasteiger charge is 1.98. The molecule has 0 aliphatic heterocycles. The van der Waals surface area contributed by atoms with Gasteiger partial charge in [-0.25, -0.2) is 0 Å². The molecule has 0 saturated carbocycles. The molecule has 6 nitrogen and oxygen atoms in total. The van der Waals surface area contributed by atoms with Crippen LogP contribution in [0.1, 0.15) is 0 Å². The van der Waals surface area contributed by atoms with Gasteiger partial charge in [0, 0.05) is 12.6 Å². The maximum Gasteiger partial charge on any atom is 0.237 e. The molecule has 0 heterocycles. The van der Waals surface area contributed by atoms with Gasteiger partial charge in [0.1, 0.15) is 24.5 Å². The number of ether oxygens (including phenoxy) is 1. The molecule has 19 heavy (non-hydrogen) atoms. The third-order valence-corrected chi connectivity index (χ3v) is 2.15. The number of nitriles is 2. The van der Waals surface area contributed by atoms with Gasteiger partial charge in [-0.3, -0.25) is 5.43 Å².